The summed E-state index contributed by atoms with van der Waals surface area (Å²) in [5.74, 6) is -0.571. The van der Waals surface area contributed by atoms with Crippen molar-refractivity contribution in [3.8, 4) is 5.69 Å². The number of halogens is 1. The van der Waals surface area contributed by atoms with Crippen molar-refractivity contribution in [2.45, 2.75) is 18.7 Å². The molecular formula is C18H17ClN2O4S. The minimum Gasteiger partial charge on any atom is -0.461 e. The molecule has 0 N–H and O–H groups in total. The van der Waals surface area contributed by atoms with E-state index in [1.54, 1.807) is 50.2 Å². The predicted octanol–water partition coefficient (Wildman–Crippen LogP) is 3.57. The minimum atomic E-state index is -3.57. The number of benzene rings is 2. The first kappa shape index (κ1) is 18.4. The van der Waals surface area contributed by atoms with E-state index in [2.05, 4.69) is 5.10 Å². The molecule has 0 atom stereocenters. The van der Waals surface area contributed by atoms with Crippen LogP contribution in [0, 0.1) is 6.92 Å². The van der Waals surface area contributed by atoms with Crippen molar-refractivity contribution in [3.63, 3.8) is 0 Å². The molecule has 0 saturated heterocycles. The van der Waals surface area contributed by atoms with Crippen LogP contribution in [-0.4, -0.2) is 37.0 Å². The molecule has 0 fully saturated rings. The summed E-state index contributed by atoms with van der Waals surface area (Å²) in [5.41, 5.74) is 1.01. The Kier molecular flexibility index (Phi) is 4.77. The van der Waals surface area contributed by atoms with Crippen molar-refractivity contribution in [1.29, 1.82) is 0 Å². The topological polar surface area (TPSA) is 78.3 Å². The van der Waals surface area contributed by atoms with E-state index in [9.17, 15) is 13.2 Å². The number of carbonyl (C=O) groups excluding carboxylic acids is 1. The Bertz CT molecular complexity index is 1120. The number of ether oxygens (including phenoxy) is 1. The molecule has 2 aromatic carbocycles. The van der Waals surface area contributed by atoms with Gasteiger partial charge in [0.05, 0.1) is 22.9 Å². The number of rotatable bonds is 4. The summed E-state index contributed by atoms with van der Waals surface area (Å²) in [7, 11) is -3.57. The number of hydrogen-bond donors (Lipinski definition) is 0. The van der Waals surface area contributed by atoms with Crippen LogP contribution in [0.3, 0.4) is 0 Å². The van der Waals surface area contributed by atoms with Crippen LogP contribution in [0.1, 0.15) is 23.1 Å². The van der Waals surface area contributed by atoms with Gasteiger partial charge in [-0.25, -0.2) is 17.9 Å². The van der Waals surface area contributed by atoms with E-state index in [4.69, 9.17) is 16.3 Å². The minimum absolute atomic E-state index is 0.0703. The highest BCUT2D eigenvalue weighted by molar-refractivity contribution is 7.90. The molecule has 26 heavy (non-hydrogen) atoms. The van der Waals surface area contributed by atoms with Crippen molar-refractivity contribution in [2.75, 3.05) is 12.9 Å². The molecule has 136 valence electrons. The summed E-state index contributed by atoms with van der Waals surface area (Å²) in [4.78, 5) is 12.3. The molecule has 3 rings (SSSR count). The molecule has 0 radical (unpaired) electrons. The maximum atomic E-state index is 12.4. The second-order valence-corrected chi connectivity index (χ2v) is 8.31. The van der Waals surface area contributed by atoms with E-state index in [0.29, 0.717) is 10.7 Å². The average Bonchev–Trinajstić information content (AvgIpc) is 2.95. The van der Waals surface area contributed by atoms with Crippen molar-refractivity contribution >= 4 is 38.2 Å². The lowest BCUT2D eigenvalue weighted by atomic mass is 10.1. The molecule has 0 aliphatic rings. The summed E-state index contributed by atoms with van der Waals surface area (Å²) < 4.78 is 31.1. The number of carbonyl (C=O) groups is 1. The first-order chi connectivity index (χ1) is 12.2. The van der Waals surface area contributed by atoms with Crippen LogP contribution >= 0.6 is 11.6 Å². The molecule has 1 heterocycles. The summed E-state index contributed by atoms with van der Waals surface area (Å²) in [6, 6.07) is 9.95. The summed E-state index contributed by atoms with van der Waals surface area (Å²) in [5, 5.41) is 6.29. The first-order valence-electron chi connectivity index (χ1n) is 7.88. The van der Waals surface area contributed by atoms with Gasteiger partial charge in [-0.1, -0.05) is 17.7 Å². The normalized spacial score (nSPS) is 11.7. The number of aromatic nitrogens is 2. The maximum Gasteiger partial charge on any atom is 0.357 e. The van der Waals surface area contributed by atoms with Crippen LogP contribution in [0.4, 0.5) is 0 Å². The van der Waals surface area contributed by atoms with Crippen molar-refractivity contribution in [3.05, 3.63) is 52.8 Å². The number of esters is 1. The largest absolute Gasteiger partial charge is 0.461 e. The zero-order valence-corrected chi connectivity index (χ0v) is 16.1. The van der Waals surface area contributed by atoms with E-state index in [1.165, 1.54) is 4.68 Å². The van der Waals surface area contributed by atoms with Gasteiger partial charge in [0, 0.05) is 11.3 Å². The number of aryl methyl sites for hydroxylation is 1. The van der Waals surface area contributed by atoms with Crippen LogP contribution in [0.5, 0.6) is 0 Å². The fourth-order valence-corrected chi connectivity index (χ4v) is 3.78. The van der Waals surface area contributed by atoms with Crippen LogP contribution in [0.15, 0.2) is 41.3 Å². The van der Waals surface area contributed by atoms with E-state index < -0.39 is 15.8 Å². The van der Waals surface area contributed by atoms with E-state index in [0.717, 1.165) is 17.0 Å². The van der Waals surface area contributed by atoms with Gasteiger partial charge >= 0.3 is 5.97 Å². The van der Waals surface area contributed by atoms with Gasteiger partial charge in [0.2, 0.25) is 0 Å². The Labute approximate surface area is 156 Å². The van der Waals surface area contributed by atoms with Gasteiger partial charge in [0.15, 0.2) is 15.5 Å². The number of hydrogen-bond acceptors (Lipinski definition) is 5. The molecule has 0 saturated carbocycles. The van der Waals surface area contributed by atoms with Gasteiger partial charge in [-0.15, -0.1) is 0 Å². The summed E-state index contributed by atoms with van der Waals surface area (Å²) in [6.07, 6.45) is 1.12. The molecule has 0 unspecified atom stereocenters. The first-order valence-corrected chi connectivity index (χ1v) is 10.1. The highest BCUT2D eigenvalue weighted by atomic mass is 35.5. The smallest absolute Gasteiger partial charge is 0.357 e. The SMILES string of the molecule is CCOC(=O)c1cc(C)nn1-c1cc2cc(Cl)ccc2cc1S(C)(=O)=O. The second-order valence-electron chi connectivity index (χ2n) is 5.89. The second kappa shape index (κ2) is 6.74. The van der Waals surface area contributed by atoms with E-state index in [1.807, 2.05) is 0 Å². The van der Waals surface area contributed by atoms with E-state index in [-0.39, 0.29) is 22.9 Å². The third-order valence-electron chi connectivity index (χ3n) is 3.82. The predicted molar refractivity (Wildman–Crippen MR) is 99.9 cm³/mol. The molecule has 6 nitrogen and oxygen atoms in total. The van der Waals surface area contributed by atoms with Crippen LogP contribution in [0.25, 0.3) is 16.5 Å². The standard InChI is InChI=1S/C18H17ClN2O4S/c1-4-25-18(22)16-7-11(2)20-21(16)15-9-13-8-14(19)6-5-12(13)10-17(15)26(3,23)24/h5-10H,4H2,1-3H3. The summed E-state index contributed by atoms with van der Waals surface area (Å²) in [6.45, 7) is 3.62. The highest BCUT2D eigenvalue weighted by Gasteiger charge is 2.22. The fraction of sp³-hybridized carbons (Fsp3) is 0.222. The Morgan fingerprint density at radius 2 is 1.92 bits per heavy atom. The molecule has 0 aliphatic heterocycles. The third kappa shape index (κ3) is 3.45. The van der Waals surface area contributed by atoms with Crippen LogP contribution in [0.2, 0.25) is 5.02 Å². The molecule has 3 aromatic rings. The molecular weight excluding hydrogens is 376 g/mol. The Morgan fingerprint density at radius 3 is 2.58 bits per heavy atom. The van der Waals surface area contributed by atoms with Gasteiger partial charge in [0.25, 0.3) is 0 Å². The molecule has 0 amide bonds. The molecule has 0 aliphatic carbocycles. The van der Waals surface area contributed by atoms with Crippen LogP contribution in [-0.2, 0) is 14.6 Å². The van der Waals surface area contributed by atoms with Gasteiger partial charge < -0.3 is 4.74 Å². The number of nitrogens with zero attached hydrogens (tertiary/aromatic N) is 2. The lowest BCUT2D eigenvalue weighted by Gasteiger charge is -2.13. The zero-order chi connectivity index (χ0) is 19.1. The molecule has 0 bridgehead atoms. The van der Waals surface area contributed by atoms with Gasteiger partial charge in [0.1, 0.15) is 0 Å². The summed E-state index contributed by atoms with van der Waals surface area (Å²) >= 11 is 6.06. The maximum absolute atomic E-state index is 12.4. The van der Waals surface area contributed by atoms with Crippen molar-refractivity contribution in [1.82, 2.24) is 9.78 Å². The Morgan fingerprint density at radius 1 is 1.19 bits per heavy atom. The van der Waals surface area contributed by atoms with Crippen molar-refractivity contribution < 1.29 is 17.9 Å². The van der Waals surface area contributed by atoms with Gasteiger partial charge in [-0.2, -0.15) is 5.10 Å². The third-order valence-corrected chi connectivity index (χ3v) is 5.18. The van der Waals surface area contributed by atoms with Crippen molar-refractivity contribution in [2.24, 2.45) is 0 Å². The molecule has 0 spiro atoms. The quantitative estimate of drug-likeness (QED) is 0.634. The average molecular weight is 393 g/mol. The fourth-order valence-electron chi connectivity index (χ4n) is 2.73. The monoisotopic (exact) mass is 392 g/mol. The highest BCUT2D eigenvalue weighted by Crippen LogP contribution is 2.29. The van der Waals surface area contributed by atoms with Gasteiger partial charge in [-0.05, 0) is 55.0 Å². The lowest BCUT2D eigenvalue weighted by Crippen LogP contribution is -2.14. The lowest BCUT2D eigenvalue weighted by molar-refractivity contribution is 0.0515. The molecule has 8 heteroatoms. The number of fused-ring (bicyclic) bond motifs is 1. The van der Waals surface area contributed by atoms with Crippen LogP contribution < -0.4 is 0 Å². The number of sulfone groups is 1. The van der Waals surface area contributed by atoms with E-state index >= 15 is 0 Å². The van der Waals surface area contributed by atoms with Gasteiger partial charge in [-0.3, -0.25) is 0 Å². The zero-order valence-electron chi connectivity index (χ0n) is 14.5. The Balaban J connectivity index is 2.35. The molecule has 1 aromatic heterocycles. The Hall–Kier alpha value is -2.38.